The minimum atomic E-state index is -4.00. The van der Waals surface area contributed by atoms with Crippen molar-refractivity contribution in [2.24, 2.45) is 0 Å². The summed E-state index contributed by atoms with van der Waals surface area (Å²) in [4.78, 5) is 22.2. The molecule has 0 spiro atoms. The van der Waals surface area contributed by atoms with Crippen LogP contribution in [0.3, 0.4) is 0 Å². The molecule has 2 aromatic rings. The topological polar surface area (TPSA) is 150 Å². The average Bonchev–Trinajstić information content (AvgIpc) is 2.73. The number of nitrogens with zero attached hydrogens (tertiary/aromatic N) is 1. The summed E-state index contributed by atoms with van der Waals surface area (Å²) in [5.74, 6) is -1.80. The van der Waals surface area contributed by atoms with Gasteiger partial charge in [-0.05, 0) is 48.5 Å². The summed E-state index contributed by atoms with van der Waals surface area (Å²) >= 11 is 0. The van der Waals surface area contributed by atoms with Crippen LogP contribution in [0.1, 0.15) is 24.2 Å². The highest BCUT2D eigenvalue weighted by atomic mass is 32.2. The van der Waals surface area contributed by atoms with Gasteiger partial charge < -0.3 is 10.4 Å². The number of hydrogen-bond acceptors (Lipinski definition) is 6. The SMILES string of the molecule is CCN(CC)S(=O)(=O)c1ccc(S(=O)(=O)Nc2ccc(C(=O)NCC(=O)O)cc2)cc1. The maximum Gasteiger partial charge on any atom is 0.322 e. The first-order chi connectivity index (χ1) is 14.5. The Morgan fingerprint density at radius 1 is 0.871 bits per heavy atom. The Balaban J connectivity index is 2.16. The lowest BCUT2D eigenvalue weighted by Crippen LogP contribution is -2.30. The minimum Gasteiger partial charge on any atom is -0.480 e. The summed E-state index contributed by atoms with van der Waals surface area (Å²) in [5.41, 5.74) is 0.338. The smallest absolute Gasteiger partial charge is 0.322 e. The van der Waals surface area contributed by atoms with E-state index >= 15 is 0 Å². The van der Waals surface area contributed by atoms with Crippen molar-refractivity contribution in [2.45, 2.75) is 23.6 Å². The Bertz CT molecular complexity index is 1140. The molecule has 0 aromatic heterocycles. The molecule has 0 aliphatic heterocycles. The lowest BCUT2D eigenvalue weighted by atomic mass is 10.2. The molecule has 0 atom stereocenters. The summed E-state index contributed by atoms with van der Waals surface area (Å²) in [7, 11) is -7.70. The van der Waals surface area contributed by atoms with E-state index in [2.05, 4.69) is 10.0 Å². The van der Waals surface area contributed by atoms with Gasteiger partial charge in [-0.15, -0.1) is 0 Å². The van der Waals surface area contributed by atoms with Crippen LogP contribution in [0.4, 0.5) is 5.69 Å². The average molecular weight is 470 g/mol. The van der Waals surface area contributed by atoms with E-state index in [1.807, 2.05) is 0 Å². The van der Waals surface area contributed by atoms with Crippen LogP contribution in [-0.4, -0.2) is 57.8 Å². The molecule has 3 N–H and O–H groups in total. The first kappa shape index (κ1) is 24.3. The van der Waals surface area contributed by atoms with Gasteiger partial charge in [-0.3, -0.25) is 14.3 Å². The van der Waals surface area contributed by atoms with Gasteiger partial charge in [0.1, 0.15) is 6.54 Å². The van der Waals surface area contributed by atoms with Crippen molar-refractivity contribution in [3.63, 3.8) is 0 Å². The maximum atomic E-state index is 12.6. The molecule has 10 nitrogen and oxygen atoms in total. The molecule has 0 bridgehead atoms. The van der Waals surface area contributed by atoms with Crippen molar-refractivity contribution in [3.8, 4) is 0 Å². The van der Waals surface area contributed by atoms with E-state index in [0.29, 0.717) is 13.1 Å². The zero-order valence-electron chi connectivity index (χ0n) is 16.9. The van der Waals surface area contributed by atoms with Crippen LogP contribution < -0.4 is 10.0 Å². The molecule has 168 valence electrons. The van der Waals surface area contributed by atoms with E-state index in [1.165, 1.54) is 52.8 Å². The van der Waals surface area contributed by atoms with Crippen LogP contribution in [0.25, 0.3) is 0 Å². The number of aliphatic carboxylic acids is 1. The van der Waals surface area contributed by atoms with Gasteiger partial charge in [0, 0.05) is 24.3 Å². The van der Waals surface area contributed by atoms with Crippen molar-refractivity contribution in [2.75, 3.05) is 24.4 Å². The van der Waals surface area contributed by atoms with Crippen molar-refractivity contribution < 1.29 is 31.5 Å². The second-order valence-corrected chi connectivity index (χ2v) is 9.94. The fourth-order valence-corrected chi connectivity index (χ4v) is 5.18. The summed E-state index contributed by atoms with van der Waals surface area (Å²) in [6.07, 6.45) is 0. The molecule has 0 heterocycles. The highest BCUT2D eigenvalue weighted by Crippen LogP contribution is 2.21. The third kappa shape index (κ3) is 6.03. The third-order valence-electron chi connectivity index (χ3n) is 4.28. The van der Waals surface area contributed by atoms with Gasteiger partial charge in [0.25, 0.3) is 15.9 Å². The van der Waals surface area contributed by atoms with E-state index in [-0.39, 0.29) is 21.0 Å². The van der Waals surface area contributed by atoms with Crippen LogP contribution in [0.2, 0.25) is 0 Å². The molecule has 0 radical (unpaired) electrons. The molecule has 0 aliphatic rings. The second-order valence-electron chi connectivity index (χ2n) is 6.32. The zero-order chi connectivity index (χ0) is 23.2. The van der Waals surface area contributed by atoms with E-state index in [0.717, 1.165) is 0 Å². The first-order valence-corrected chi connectivity index (χ1v) is 12.2. The molecule has 0 aliphatic carbocycles. The fraction of sp³-hybridized carbons (Fsp3) is 0.263. The first-order valence-electron chi connectivity index (χ1n) is 9.24. The molecule has 0 saturated heterocycles. The van der Waals surface area contributed by atoms with Gasteiger partial charge in [-0.1, -0.05) is 13.8 Å². The van der Waals surface area contributed by atoms with Crippen LogP contribution in [-0.2, 0) is 24.8 Å². The van der Waals surface area contributed by atoms with Crippen molar-refractivity contribution in [1.82, 2.24) is 9.62 Å². The lowest BCUT2D eigenvalue weighted by molar-refractivity contribution is -0.135. The number of benzene rings is 2. The number of hydrogen-bond donors (Lipinski definition) is 3. The molecule has 0 saturated carbocycles. The number of nitrogens with one attached hydrogen (secondary N) is 2. The van der Waals surface area contributed by atoms with Gasteiger partial charge in [0.05, 0.1) is 9.79 Å². The van der Waals surface area contributed by atoms with Crippen LogP contribution >= 0.6 is 0 Å². The zero-order valence-corrected chi connectivity index (χ0v) is 18.5. The number of anilines is 1. The number of amides is 1. The van der Waals surface area contributed by atoms with Crippen molar-refractivity contribution in [3.05, 3.63) is 54.1 Å². The van der Waals surface area contributed by atoms with Crippen LogP contribution in [0, 0.1) is 0 Å². The molecule has 0 fully saturated rings. The summed E-state index contributed by atoms with van der Waals surface area (Å²) < 4.78 is 53.8. The number of carboxylic acid groups (broad SMARTS) is 1. The van der Waals surface area contributed by atoms with Gasteiger partial charge in [-0.25, -0.2) is 16.8 Å². The van der Waals surface area contributed by atoms with E-state index in [4.69, 9.17) is 5.11 Å². The molecule has 2 aromatic carbocycles. The van der Waals surface area contributed by atoms with Gasteiger partial charge in [0.2, 0.25) is 10.0 Å². The van der Waals surface area contributed by atoms with Gasteiger partial charge >= 0.3 is 5.97 Å². The number of carbonyl (C=O) groups is 2. The van der Waals surface area contributed by atoms with Crippen LogP contribution in [0.15, 0.2) is 58.3 Å². The minimum absolute atomic E-state index is 0.00752. The molecule has 12 heteroatoms. The van der Waals surface area contributed by atoms with Gasteiger partial charge in [-0.2, -0.15) is 4.31 Å². The Labute approximate surface area is 181 Å². The number of rotatable bonds is 10. The maximum absolute atomic E-state index is 12.6. The summed E-state index contributed by atoms with van der Waals surface area (Å²) in [6.45, 7) is 3.48. The van der Waals surface area contributed by atoms with Crippen LogP contribution in [0.5, 0.6) is 0 Å². The molecular weight excluding hydrogens is 446 g/mol. The highest BCUT2D eigenvalue weighted by Gasteiger charge is 2.23. The standard InChI is InChI=1S/C19H23N3O7S2/c1-3-22(4-2)31(28,29)17-11-9-16(10-12-17)30(26,27)21-15-7-5-14(6-8-15)19(25)20-13-18(23)24/h5-12,21H,3-4,13H2,1-2H3,(H,20,25)(H,23,24). The van der Waals surface area contributed by atoms with Gasteiger partial charge in [0.15, 0.2) is 0 Å². The van der Waals surface area contributed by atoms with E-state index < -0.39 is 38.5 Å². The Morgan fingerprint density at radius 3 is 1.87 bits per heavy atom. The summed E-state index contributed by atoms with van der Waals surface area (Å²) in [6, 6.07) is 10.3. The molecular formula is C19H23N3O7S2. The quantitative estimate of drug-likeness (QED) is 0.475. The summed E-state index contributed by atoms with van der Waals surface area (Å²) in [5, 5.41) is 10.8. The normalized spacial score (nSPS) is 11.8. The predicted molar refractivity (Wildman–Crippen MR) is 114 cm³/mol. The number of carbonyl (C=O) groups excluding carboxylic acids is 1. The molecule has 1 amide bonds. The predicted octanol–water partition coefficient (Wildman–Crippen LogP) is 1.33. The fourth-order valence-electron chi connectivity index (χ4n) is 2.67. The second kappa shape index (κ2) is 9.90. The number of sulfonamides is 2. The van der Waals surface area contributed by atoms with Crippen molar-refractivity contribution >= 4 is 37.6 Å². The third-order valence-corrected chi connectivity index (χ3v) is 7.74. The lowest BCUT2D eigenvalue weighted by Gasteiger charge is -2.18. The molecule has 2 rings (SSSR count). The Hall–Kier alpha value is -2.96. The molecule has 0 unspecified atom stereocenters. The Kier molecular flexibility index (Phi) is 7.76. The largest absolute Gasteiger partial charge is 0.480 e. The van der Waals surface area contributed by atoms with E-state index in [9.17, 15) is 26.4 Å². The monoisotopic (exact) mass is 469 g/mol. The highest BCUT2D eigenvalue weighted by molar-refractivity contribution is 7.92. The Morgan fingerprint density at radius 2 is 1.39 bits per heavy atom. The molecule has 31 heavy (non-hydrogen) atoms. The van der Waals surface area contributed by atoms with Crippen molar-refractivity contribution in [1.29, 1.82) is 0 Å². The van der Waals surface area contributed by atoms with E-state index in [1.54, 1.807) is 13.8 Å². The number of carboxylic acids is 1.